The van der Waals surface area contributed by atoms with Crippen LogP contribution in [0.15, 0.2) is 30.5 Å². The third-order valence-corrected chi connectivity index (χ3v) is 4.63. The number of carbonyl (C=O) groups is 1. The van der Waals surface area contributed by atoms with Crippen LogP contribution in [0.5, 0.6) is 0 Å². The van der Waals surface area contributed by atoms with Gasteiger partial charge in [0.25, 0.3) is 5.91 Å². The molecule has 0 aliphatic carbocycles. The van der Waals surface area contributed by atoms with Crippen molar-refractivity contribution in [1.82, 2.24) is 20.2 Å². The van der Waals surface area contributed by atoms with Gasteiger partial charge in [0.15, 0.2) is 0 Å². The maximum Gasteiger partial charge on any atom is 0.271 e. The Kier molecular flexibility index (Phi) is 3.93. The quantitative estimate of drug-likeness (QED) is 0.923. The average Bonchev–Trinajstić information content (AvgIpc) is 3.07. The Balaban J connectivity index is 1.37. The van der Waals surface area contributed by atoms with Gasteiger partial charge in [0.2, 0.25) is 0 Å². The van der Waals surface area contributed by atoms with Crippen molar-refractivity contribution in [3.63, 3.8) is 0 Å². The third-order valence-electron chi connectivity index (χ3n) is 4.63. The summed E-state index contributed by atoms with van der Waals surface area (Å²) >= 11 is 0. The van der Waals surface area contributed by atoms with Gasteiger partial charge in [-0.25, -0.2) is 4.98 Å². The van der Waals surface area contributed by atoms with E-state index in [-0.39, 0.29) is 12.0 Å². The van der Waals surface area contributed by atoms with Crippen LogP contribution < -0.4 is 5.32 Å². The number of hydrogen-bond acceptors (Lipinski definition) is 5. The molecule has 4 rings (SSSR count). The summed E-state index contributed by atoms with van der Waals surface area (Å²) in [7, 11) is 0. The summed E-state index contributed by atoms with van der Waals surface area (Å²) in [5.41, 5.74) is 1.87. The smallest absolute Gasteiger partial charge is 0.271 e. The highest BCUT2D eigenvalue weighted by molar-refractivity contribution is 5.93. The average molecular weight is 312 g/mol. The number of aromatic nitrogens is 2. The number of nitrogens with zero attached hydrogens (tertiary/aromatic N) is 3. The van der Waals surface area contributed by atoms with E-state index in [4.69, 9.17) is 4.74 Å². The van der Waals surface area contributed by atoms with Crippen LogP contribution in [0.2, 0.25) is 0 Å². The molecule has 0 bridgehead atoms. The van der Waals surface area contributed by atoms with Crippen LogP contribution in [0.1, 0.15) is 23.3 Å². The lowest BCUT2D eigenvalue weighted by Gasteiger charge is -2.35. The minimum atomic E-state index is -0.199. The third kappa shape index (κ3) is 3.04. The Morgan fingerprint density at radius 3 is 3.13 bits per heavy atom. The molecule has 1 N–H and O–H groups in total. The van der Waals surface area contributed by atoms with Crippen LogP contribution in [0, 0.1) is 0 Å². The number of morpholine rings is 1. The summed E-state index contributed by atoms with van der Waals surface area (Å²) in [6.07, 6.45) is 4.06. The van der Waals surface area contributed by atoms with Gasteiger partial charge in [0, 0.05) is 19.1 Å². The molecule has 2 aliphatic rings. The molecule has 2 fully saturated rings. The molecule has 1 amide bonds. The van der Waals surface area contributed by atoms with Crippen molar-refractivity contribution in [3.05, 3.63) is 36.2 Å². The van der Waals surface area contributed by atoms with Crippen LogP contribution in [0.4, 0.5) is 0 Å². The standard InChI is InChI=1S/C17H20N4O2/c22-17(16-9-18-14-5-1-2-6-15(14)20-16)19-8-13-10-21-7-3-4-12(21)11-23-13/h1-2,5-6,9,12-13H,3-4,7-8,10-11H2,(H,19,22)/t12-,13-/m0/s1. The van der Waals surface area contributed by atoms with E-state index in [2.05, 4.69) is 20.2 Å². The summed E-state index contributed by atoms with van der Waals surface area (Å²) in [4.78, 5) is 23.4. The second kappa shape index (κ2) is 6.22. The van der Waals surface area contributed by atoms with Crippen molar-refractivity contribution in [2.24, 2.45) is 0 Å². The molecule has 2 aliphatic heterocycles. The number of hydrogen-bond donors (Lipinski definition) is 1. The van der Waals surface area contributed by atoms with Crippen molar-refractivity contribution in [2.75, 3.05) is 26.2 Å². The number of benzene rings is 1. The highest BCUT2D eigenvalue weighted by Crippen LogP contribution is 2.22. The monoisotopic (exact) mass is 312 g/mol. The number of carbonyl (C=O) groups excluding carboxylic acids is 1. The zero-order valence-corrected chi connectivity index (χ0v) is 12.9. The Labute approximate surface area is 134 Å². The van der Waals surface area contributed by atoms with Crippen LogP contribution in [0.3, 0.4) is 0 Å². The van der Waals surface area contributed by atoms with Crippen molar-refractivity contribution < 1.29 is 9.53 Å². The van der Waals surface area contributed by atoms with Gasteiger partial charge < -0.3 is 10.1 Å². The van der Waals surface area contributed by atoms with Crippen molar-refractivity contribution in [3.8, 4) is 0 Å². The SMILES string of the molecule is O=C(NC[C@H]1CN2CCC[C@H]2CO1)c1cnc2ccccc2n1. The summed E-state index contributed by atoms with van der Waals surface area (Å²) in [6.45, 7) is 3.33. The molecule has 0 saturated carbocycles. The molecule has 0 radical (unpaired) electrons. The first-order chi connectivity index (χ1) is 11.3. The van der Waals surface area contributed by atoms with E-state index < -0.39 is 0 Å². The second-order valence-corrected chi connectivity index (χ2v) is 6.20. The number of para-hydroxylation sites is 2. The largest absolute Gasteiger partial charge is 0.373 e. The summed E-state index contributed by atoms with van der Waals surface area (Å²) < 4.78 is 5.86. The van der Waals surface area contributed by atoms with Gasteiger partial charge in [-0.15, -0.1) is 0 Å². The van der Waals surface area contributed by atoms with Crippen LogP contribution >= 0.6 is 0 Å². The van der Waals surface area contributed by atoms with Crippen molar-refractivity contribution >= 4 is 16.9 Å². The number of fused-ring (bicyclic) bond motifs is 2. The van der Waals surface area contributed by atoms with Gasteiger partial charge in [-0.05, 0) is 31.5 Å². The topological polar surface area (TPSA) is 67.4 Å². The van der Waals surface area contributed by atoms with Gasteiger partial charge in [-0.1, -0.05) is 12.1 Å². The van der Waals surface area contributed by atoms with Crippen LogP contribution in [-0.4, -0.2) is 59.2 Å². The second-order valence-electron chi connectivity index (χ2n) is 6.20. The van der Waals surface area contributed by atoms with Crippen LogP contribution in [0.25, 0.3) is 11.0 Å². The molecule has 120 valence electrons. The Morgan fingerprint density at radius 1 is 1.35 bits per heavy atom. The maximum absolute atomic E-state index is 12.3. The highest BCUT2D eigenvalue weighted by atomic mass is 16.5. The van der Waals surface area contributed by atoms with Gasteiger partial charge in [-0.3, -0.25) is 14.7 Å². The van der Waals surface area contributed by atoms with E-state index in [1.807, 2.05) is 24.3 Å². The molecule has 0 unspecified atom stereocenters. The van der Waals surface area contributed by atoms with E-state index in [1.54, 1.807) is 0 Å². The Morgan fingerprint density at radius 2 is 2.22 bits per heavy atom. The molecular weight excluding hydrogens is 292 g/mol. The first kappa shape index (κ1) is 14.5. The predicted octanol–water partition coefficient (Wildman–Crippen LogP) is 1.22. The predicted molar refractivity (Wildman–Crippen MR) is 86.2 cm³/mol. The molecule has 6 heteroatoms. The summed E-state index contributed by atoms with van der Waals surface area (Å²) in [5, 5.41) is 2.92. The lowest BCUT2D eigenvalue weighted by atomic mass is 10.2. The zero-order valence-electron chi connectivity index (χ0n) is 12.9. The van der Waals surface area contributed by atoms with E-state index in [1.165, 1.54) is 19.0 Å². The first-order valence-corrected chi connectivity index (χ1v) is 8.15. The van der Waals surface area contributed by atoms with E-state index in [9.17, 15) is 4.79 Å². The molecule has 2 atom stereocenters. The fraction of sp³-hybridized carbons (Fsp3) is 0.471. The number of ether oxygens (including phenoxy) is 1. The van der Waals surface area contributed by atoms with Crippen molar-refractivity contribution in [2.45, 2.75) is 25.0 Å². The minimum absolute atomic E-state index is 0.0571. The molecular formula is C17H20N4O2. The van der Waals surface area contributed by atoms with Gasteiger partial charge in [0.1, 0.15) is 5.69 Å². The Bertz CT molecular complexity index is 721. The lowest BCUT2D eigenvalue weighted by molar-refractivity contribution is -0.0462. The molecule has 2 saturated heterocycles. The molecule has 0 spiro atoms. The van der Waals surface area contributed by atoms with E-state index in [0.717, 1.165) is 30.7 Å². The van der Waals surface area contributed by atoms with Gasteiger partial charge in [-0.2, -0.15) is 0 Å². The lowest BCUT2D eigenvalue weighted by Crippen LogP contribution is -2.50. The van der Waals surface area contributed by atoms with Gasteiger partial charge in [0.05, 0.1) is 29.9 Å². The summed E-state index contributed by atoms with van der Waals surface area (Å²) in [6, 6.07) is 8.11. The zero-order chi connectivity index (χ0) is 15.6. The maximum atomic E-state index is 12.3. The van der Waals surface area contributed by atoms with Gasteiger partial charge >= 0.3 is 0 Å². The molecule has 1 aromatic carbocycles. The van der Waals surface area contributed by atoms with E-state index in [0.29, 0.717) is 18.3 Å². The Hall–Kier alpha value is -2.05. The minimum Gasteiger partial charge on any atom is -0.373 e. The highest BCUT2D eigenvalue weighted by Gasteiger charge is 2.32. The fourth-order valence-electron chi connectivity index (χ4n) is 3.37. The van der Waals surface area contributed by atoms with E-state index >= 15 is 0 Å². The summed E-state index contributed by atoms with van der Waals surface area (Å²) in [5.74, 6) is -0.199. The van der Waals surface area contributed by atoms with Crippen LogP contribution in [-0.2, 0) is 4.74 Å². The van der Waals surface area contributed by atoms with Crippen molar-refractivity contribution in [1.29, 1.82) is 0 Å². The molecule has 2 aromatic rings. The molecule has 23 heavy (non-hydrogen) atoms. The number of nitrogens with one attached hydrogen (secondary N) is 1. The molecule has 3 heterocycles. The molecule has 1 aromatic heterocycles. The molecule has 6 nitrogen and oxygen atoms in total. The number of rotatable bonds is 3. The normalized spacial score (nSPS) is 24.5. The fourth-order valence-corrected chi connectivity index (χ4v) is 3.37. The first-order valence-electron chi connectivity index (χ1n) is 8.15. The number of amides is 1.